The van der Waals surface area contributed by atoms with Crippen molar-refractivity contribution < 1.29 is 0 Å². The van der Waals surface area contributed by atoms with E-state index in [1.807, 2.05) is 30.3 Å². The molecule has 1 saturated heterocycles. The van der Waals surface area contributed by atoms with Gasteiger partial charge >= 0.3 is 0 Å². The molecular formula is C13H15N5. The van der Waals surface area contributed by atoms with Gasteiger partial charge in [0, 0.05) is 18.7 Å². The fourth-order valence-corrected chi connectivity index (χ4v) is 2.16. The Labute approximate surface area is 106 Å². The van der Waals surface area contributed by atoms with Crippen molar-refractivity contribution in [1.82, 2.24) is 15.0 Å². The van der Waals surface area contributed by atoms with E-state index in [4.69, 9.17) is 5.73 Å². The summed E-state index contributed by atoms with van der Waals surface area (Å²) in [6, 6.07) is 9.84. The summed E-state index contributed by atoms with van der Waals surface area (Å²) in [5.74, 6) is 1.62. The van der Waals surface area contributed by atoms with Crippen molar-refractivity contribution in [2.75, 3.05) is 23.7 Å². The Hall–Kier alpha value is -2.17. The van der Waals surface area contributed by atoms with Gasteiger partial charge in [0.15, 0.2) is 5.82 Å². The van der Waals surface area contributed by atoms with E-state index in [1.54, 1.807) is 0 Å². The minimum Gasteiger partial charge on any atom is -0.368 e. The zero-order chi connectivity index (χ0) is 12.4. The van der Waals surface area contributed by atoms with Crippen molar-refractivity contribution in [2.24, 2.45) is 0 Å². The molecule has 2 aromatic rings. The summed E-state index contributed by atoms with van der Waals surface area (Å²) in [6.45, 7) is 2.00. The lowest BCUT2D eigenvalue weighted by Gasteiger charge is -2.15. The highest BCUT2D eigenvalue weighted by Crippen LogP contribution is 2.20. The van der Waals surface area contributed by atoms with Gasteiger partial charge in [-0.15, -0.1) is 0 Å². The van der Waals surface area contributed by atoms with E-state index in [0.717, 1.165) is 18.7 Å². The van der Waals surface area contributed by atoms with Crippen LogP contribution in [0.3, 0.4) is 0 Å². The minimum absolute atomic E-state index is 0.283. The lowest BCUT2D eigenvalue weighted by Crippen LogP contribution is -2.21. The maximum absolute atomic E-state index is 5.78. The average molecular weight is 241 g/mol. The second-order valence-electron chi connectivity index (χ2n) is 4.38. The first-order valence-electron chi connectivity index (χ1n) is 6.15. The molecule has 0 amide bonds. The van der Waals surface area contributed by atoms with Gasteiger partial charge in [-0.05, 0) is 12.8 Å². The number of benzene rings is 1. The van der Waals surface area contributed by atoms with Crippen LogP contribution in [0.1, 0.15) is 12.8 Å². The summed E-state index contributed by atoms with van der Waals surface area (Å²) in [5.41, 5.74) is 6.74. The number of hydrogen-bond donors (Lipinski definition) is 1. The molecule has 5 nitrogen and oxygen atoms in total. The van der Waals surface area contributed by atoms with Crippen LogP contribution < -0.4 is 10.6 Å². The van der Waals surface area contributed by atoms with Crippen LogP contribution >= 0.6 is 0 Å². The number of nitrogen functional groups attached to an aromatic ring is 1. The van der Waals surface area contributed by atoms with Crippen molar-refractivity contribution in [3.8, 4) is 11.4 Å². The van der Waals surface area contributed by atoms with Crippen molar-refractivity contribution in [1.29, 1.82) is 0 Å². The summed E-state index contributed by atoms with van der Waals surface area (Å²) in [4.78, 5) is 15.1. The molecule has 0 atom stereocenters. The molecule has 1 aromatic carbocycles. The van der Waals surface area contributed by atoms with Gasteiger partial charge in [0.1, 0.15) is 0 Å². The van der Waals surface area contributed by atoms with Gasteiger partial charge in [0.2, 0.25) is 11.9 Å². The molecule has 0 saturated carbocycles. The van der Waals surface area contributed by atoms with Crippen LogP contribution in [0.4, 0.5) is 11.9 Å². The standard InChI is InChI=1S/C13H15N5/c14-12-15-11(10-6-2-1-3-7-10)16-13(17-12)18-8-4-5-9-18/h1-3,6-7H,4-5,8-9H2,(H2,14,15,16,17). The second kappa shape index (κ2) is 4.60. The molecule has 18 heavy (non-hydrogen) atoms. The van der Waals surface area contributed by atoms with E-state index in [2.05, 4.69) is 19.9 Å². The Bertz CT molecular complexity index is 534. The van der Waals surface area contributed by atoms with E-state index in [-0.39, 0.29) is 5.95 Å². The molecule has 0 radical (unpaired) electrons. The molecule has 1 aliphatic rings. The number of anilines is 2. The number of nitrogens with zero attached hydrogens (tertiary/aromatic N) is 4. The molecule has 1 fully saturated rings. The molecule has 3 rings (SSSR count). The van der Waals surface area contributed by atoms with E-state index in [9.17, 15) is 0 Å². The normalized spacial score (nSPS) is 15.0. The fourth-order valence-electron chi connectivity index (χ4n) is 2.16. The molecule has 2 N–H and O–H groups in total. The number of hydrogen-bond acceptors (Lipinski definition) is 5. The lowest BCUT2D eigenvalue weighted by atomic mass is 10.2. The Kier molecular flexibility index (Phi) is 2.80. The summed E-state index contributed by atoms with van der Waals surface area (Å²) < 4.78 is 0. The highest BCUT2D eigenvalue weighted by molar-refractivity contribution is 5.57. The van der Waals surface area contributed by atoms with Crippen LogP contribution in [0.25, 0.3) is 11.4 Å². The number of rotatable bonds is 2. The summed E-state index contributed by atoms with van der Waals surface area (Å²) in [7, 11) is 0. The zero-order valence-electron chi connectivity index (χ0n) is 10.1. The monoisotopic (exact) mass is 241 g/mol. The number of aromatic nitrogens is 3. The molecule has 0 aliphatic carbocycles. The van der Waals surface area contributed by atoms with Crippen LogP contribution in [0, 0.1) is 0 Å². The van der Waals surface area contributed by atoms with Crippen LogP contribution in [-0.2, 0) is 0 Å². The molecule has 5 heteroatoms. The minimum atomic E-state index is 0.283. The lowest BCUT2D eigenvalue weighted by molar-refractivity contribution is 0.887. The van der Waals surface area contributed by atoms with Crippen LogP contribution in [0.5, 0.6) is 0 Å². The SMILES string of the molecule is Nc1nc(-c2ccccc2)nc(N2CCCC2)n1. The second-order valence-corrected chi connectivity index (χ2v) is 4.38. The first kappa shape index (κ1) is 11.0. The third kappa shape index (κ3) is 2.11. The molecule has 0 unspecified atom stereocenters. The molecule has 1 aromatic heterocycles. The maximum Gasteiger partial charge on any atom is 0.230 e. The first-order valence-corrected chi connectivity index (χ1v) is 6.15. The molecular weight excluding hydrogens is 226 g/mol. The van der Waals surface area contributed by atoms with Crippen LogP contribution in [-0.4, -0.2) is 28.0 Å². The van der Waals surface area contributed by atoms with Crippen molar-refractivity contribution >= 4 is 11.9 Å². The topological polar surface area (TPSA) is 67.9 Å². The van der Waals surface area contributed by atoms with Crippen LogP contribution in [0.2, 0.25) is 0 Å². The smallest absolute Gasteiger partial charge is 0.230 e. The summed E-state index contributed by atoms with van der Waals surface area (Å²) in [6.07, 6.45) is 2.37. The van der Waals surface area contributed by atoms with Crippen molar-refractivity contribution in [3.05, 3.63) is 30.3 Å². The molecule has 0 bridgehead atoms. The molecule has 1 aliphatic heterocycles. The first-order chi connectivity index (χ1) is 8.83. The van der Waals surface area contributed by atoms with E-state index in [0.29, 0.717) is 11.8 Å². The highest BCUT2D eigenvalue weighted by Gasteiger charge is 2.17. The molecule has 2 heterocycles. The Balaban J connectivity index is 2.00. The zero-order valence-corrected chi connectivity index (χ0v) is 10.1. The van der Waals surface area contributed by atoms with Gasteiger partial charge in [0.25, 0.3) is 0 Å². The van der Waals surface area contributed by atoms with Crippen molar-refractivity contribution in [2.45, 2.75) is 12.8 Å². The fraction of sp³-hybridized carbons (Fsp3) is 0.308. The Morgan fingerprint density at radius 3 is 2.39 bits per heavy atom. The Morgan fingerprint density at radius 1 is 0.944 bits per heavy atom. The van der Waals surface area contributed by atoms with E-state index < -0.39 is 0 Å². The summed E-state index contributed by atoms with van der Waals surface area (Å²) in [5, 5.41) is 0. The largest absolute Gasteiger partial charge is 0.368 e. The third-order valence-electron chi connectivity index (χ3n) is 3.06. The van der Waals surface area contributed by atoms with Gasteiger partial charge in [0.05, 0.1) is 0 Å². The van der Waals surface area contributed by atoms with Gasteiger partial charge in [-0.1, -0.05) is 30.3 Å². The van der Waals surface area contributed by atoms with Gasteiger partial charge in [-0.3, -0.25) is 0 Å². The number of nitrogens with two attached hydrogens (primary N) is 1. The third-order valence-corrected chi connectivity index (χ3v) is 3.06. The van der Waals surface area contributed by atoms with E-state index >= 15 is 0 Å². The highest BCUT2D eigenvalue weighted by atomic mass is 15.3. The molecule has 92 valence electrons. The van der Waals surface area contributed by atoms with Gasteiger partial charge in [-0.25, -0.2) is 0 Å². The average Bonchev–Trinajstić information content (AvgIpc) is 2.93. The molecule has 0 spiro atoms. The predicted molar refractivity (Wildman–Crippen MR) is 71.1 cm³/mol. The predicted octanol–water partition coefficient (Wildman–Crippen LogP) is 1.72. The maximum atomic E-state index is 5.78. The Morgan fingerprint density at radius 2 is 1.67 bits per heavy atom. The quantitative estimate of drug-likeness (QED) is 0.867. The van der Waals surface area contributed by atoms with Crippen LogP contribution in [0.15, 0.2) is 30.3 Å². The van der Waals surface area contributed by atoms with E-state index in [1.165, 1.54) is 12.8 Å². The van der Waals surface area contributed by atoms with Crippen molar-refractivity contribution in [3.63, 3.8) is 0 Å². The van der Waals surface area contributed by atoms with Gasteiger partial charge in [-0.2, -0.15) is 15.0 Å². The summed E-state index contributed by atoms with van der Waals surface area (Å²) >= 11 is 0. The van der Waals surface area contributed by atoms with Gasteiger partial charge < -0.3 is 10.6 Å².